The predicted octanol–water partition coefficient (Wildman–Crippen LogP) is 1.45. The number of allylic oxidation sites excluding steroid dienone is 1. The van der Waals surface area contributed by atoms with Crippen molar-refractivity contribution in [3.8, 4) is 0 Å². The average Bonchev–Trinajstić information content (AvgIpc) is 2.38. The molecule has 4 nitrogen and oxygen atoms in total. The molecule has 1 fully saturated rings. The normalized spacial score (nSPS) is 19.2. The summed E-state index contributed by atoms with van der Waals surface area (Å²) >= 11 is 0. The number of nitrogens with zero attached hydrogens (tertiary/aromatic N) is 3. The van der Waals surface area contributed by atoms with Gasteiger partial charge in [0.05, 0.1) is 11.9 Å². The number of hydrogen-bond donors (Lipinski definition) is 0. The zero-order chi connectivity index (χ0) is 12.4. The fraction of sp³-hybridized carbons (Fsp3) is 0.429. The van der Waals surface area contributed by atoms with Crippen molar-refractivity contribution in [2.75, 3.05) is 31.1 Å². The molecule has 1 amide bonds. The van der Waals surface area contributed by atoms with Crippen LogP contribution in [0.1, 0.15) is 12.8 Å². The molecule has 1 saturated heterocycles. The van der Waals surface area contributed by atoms with Gasteiger partial charge in [0.2, 0.25) is 5.91 Å². The molecule has 1 aliphatic heterocycles. The van der Waals surface area contributed by atoms with Gasteiger partial charge in [0.1, 0.15) is 0 Å². The Balaban J connectivity index is 1.60. The van der Waals surface area contributed by atoms with Crippen LogP contribution in [0.25, 0.3) is 0 Å². The first-order valence-electron chi connectivity index (χ1n) is 6.48. The van der Waals surface area contributed by atoms with Crippen LogP contribution in [0.4, 0.5) is 5.69 Å². The number of anilines is 1. The third-order valence-corrected chi connectivity index (χ3v) is 3.66. The molecule has 18 heavy (non-hydrogen) atoms. The SMILES string of the molecule is O=C(C1=CCC1)N1CCN(c2cccnc2)CC1. The fourth-order valence-corrected chi connectivity index (χ4v) is 2.39. The molecule has 0 unspecified atom stereocenters. The first kappa shape index (κ1) is 11.3. The molecule has 0 aromatic carbocycles. The van der Waals surface area contributed by atoms with Crippen LogP contribution < -0.4 is 4.90 Å². The topological polar surface area (TPSA) is 36.4 Å². The van der Waals surface area contributed by atoms with E-state index in [-0.39, 0.29) is 5.91 Å². The van der Waals surface area contributed by atoms with Crippen LogP contribution in [0, 0.1) is 0 Å². The van der Waals surface area contributed by atoms with E-state index in [1.165, 1.54) is 0 Å². The Hall–Kier alpha value is -1.84. The van der Waals surface area contributed by atoms with Gasteiger partial charge in [0.15, 0.2) is 0 Å². The summed E-state index contributed by atoms with van der Waals surface area (Å²) in [5.41, 5.74) is 2.15. The summed E-state index contributed by atoms with van der Waals surface area (Å²) in [6.45, 7) is 3.41. The quantitative estimate of drug-likeness (QED) is 0.789. The number of pyridine rings is 1. The summed E-state index contributed by atoms with van der Waals surface area (Å²) in [6, 6.07) is 4.02. The summed E-state index contributed by atoms with van der Waals surface area (Å²) < 4.78 is 0. The Bertz CT molecular complexity index is 461. The van der Waals surface area contributed by atoms with Gasteiger partial charge >= 0.3 is 0 Å². The maximum Gasteiger partial charge on any atom is 0.249 e. The second-order valence-corrected chi connectivity index (χ2v) is 4.76. The molecule has 4 heteroatoms. The van der Waals surface area contributed by atoms with E-state index in [1.54, 1.807) is 6.20 Å². The van der Waals surface area contributed by atoms with Gasteiger partial charge in [0.25, 0.3) is 0 Å². The Kier molecular flexibility index (Phi) is 3.00. The van der Waals surface area contributed by atoms with Crippen LogP contribution >= 0.6 is 0 Å². The maximum absolute atomic E-state index is 12.1. The molecule has 2 aliphatic rings. The van der Waals surface area contributed by atoms with Gasteiger partial charge < -0.3 is 9.80 Å². The summed E-state index contributed by atoms with van der Waals surface area (Å²) in [7, 11) is 0. The lowest BCUT2D eigenvalue weighted by Gasteiger charge is -2.37. The van der Waals surface area contributed by atoms with E-state index in [4.69, 9.17) is 0 Å². The molecule has 3 rings (SSSR count). The van der Waals surface area contributed by atoms with Crippen molar-refractivity contribution < 1.29 is 4.79 Å². The van der Waals surface area contributed by atoms with Gasteiger partial charge in [-0.15, -0.1) is 0 Å². The summed E-state index contributed by atoms with van der Waals surface area (Å²) in [5.74, 6) is 0.243. The van der Waals surface area contributed by atoms with E-state index in [1.807, 2.05) is 17.2 Å². The molecule has 0 N–H and O–H groups in total. The third kappa shape index (κ3) is 2.10. The number of hydrogen-bond acceptors (Lipinski definition) is 3. The van der Waals surface area contributed by atoms with E-state index in [9.17, 15) is 4.79 Å². The number of piperazine rings is 1. The van der Waals surface area contributed by atoms with Crippen LogP contribution in [0.5, 0.6) is 0 Å². The lowest BCUT2D eigenvalue weighted by atomic mass is 9.97. The molecule has 1 aromatic rings. The van der Waals surface area contributed by atoms with Crippen molar-refractivity contribution in [1.82, 2.24) is 9.88 Å². The van der Waals surface area contributed by atoms with Gasteiger partial charge in [-0.2, -0.15) is 0 Å². The van der Waals surface area contributed by atoms with Gasteiger partial charge in [-0.25, -0.2) is 0 Å². The average molecular weight is 243 g/mol. The second-order valence-electron chi connectivity index (χ2n) is 4.76. The maximum atomic E-state index is 12.1. The number of rotatable bonds is 2. The first-order valence-corrected chi connectivity index (χ1v) is 6.48. The zero-order valence-corrected chi connectivity index (χ0v) is 10.4. The smallest absolute Gasteiger partial charge is 0.249 e. The predicted molar refractivity (Wildman–Crippen MR) is 70.3 cm³/mol. The Labute approximate surface area is 107 Å². The minimum Gasteiger partial charge on any atom is -0.367 e. The minimum atomic E-state index is 0.243. The standard InChI is InChI=1S/C14H17N3O/c18-14(12-3-1-4-12)17-9-7-16(8-10-17)13-5-2-6-15-11-13/h2-3,5-6,11H,1,4,7-10H2. The first-order chi connectivity index (χ1) is 8.84. The van der Waals surface area contributed by atoms with Crippen LogP contribution in [0.3, 0.4) is 0 Å². The van der Waals surface area contributed by atoms with Crippen molar-refractivity contribution in [3.05, 3.63) is 36.2 Å². The van der Waals surface area contributed by atoms with Crippen LogP contribution in [0.2, 0.25) is 0 Å². The van der Waals surface area contributed by atoms with Crippen molar-refractivity contribution in [2.24, 2.45) is 0 Å². The van der Waals surface area contributed by atoms with Gasteiger partial charge in [-0.05, 0) is 25.0 Å². The molecule has 1 aliphatic carbocycles. The number of carbonyl (C=O) groups is 1. The Morgan fingerprint density at radius 2 is 2.00 bits per heavy atom. The van der Waals surface area contributed by atoms with E-state index < -0.39 is 0 Å². The number of carbonyl (C=O) groups excluding carboxylic acids is 1. The van der Waals surface area contributed by atoms with E-state index in [0.717, 1.165) is 50.3 Å². The van der Waals surface area contributed by atoms with Crippen molar-refractivity contribution in [1.29, 1.82) is 0 Å². The van der Waals surface area contributed by atoms with Gasteiger partial charge in [-0.3, -0.25) is 9.78 Å². The highest BCUT2D eigenvalue weighted by Gasteiger charge is 2.25. The molecule has 0 bridgehead atoms. The Morgan fingerprint density at radius 1 is 1.22 bits per heavy atom. The molecular weight excluding hydrogens is 226 g/mol. The highest BCUT2D eigenvalue weighted by atomic mass is 16.2. The third-order valence-electron chi connectivity index (χ3n) is 3.66. The highest BCUT2D eigenvalue weighted by Crippen LogP contribution is 2.22. The van der Waals surface area contributed by atoms with Crippen molar-refractivity contribution >= 4 is 11.6 Å². The van der Waals surface area contributed by atoms with E-state index >= 15 is 0 Å². The van der Waals surface area contributed by atoms with E-state index in [2.05, 4.69) is 22.0 Å². The van der Waals surface area contributed by atoms with Gasteiger partial charge in [0, 0.05) is 37.9 Å². The molecule has 2 heterocycles. The number of amides is 1. The van der Waals surface area contributed by atoms with Crippen LogP contribution in [0.15, 0.2) is 36.2 Å². The summed E-state index contributed by atoms with van der Waals surface area (Å²) in [4.78, 5) is 20.4. The molecule has 0 saturated carbocycles. The van der Waals surface area contributed by atoms with Crippen molar-refractivity contribution in [3.63, 3.8) is 0 Å². The minimum absolute atomic E-state index is 0.243. The van der Waals surface area contributed by atoms with E-state index in [0.29, 0.717) is 0 Å². The largest absolute Gasteiger partial charge is 0.367 e. The van der Waals surface area contributed by atoms with Crippen LogP contribution in [-0.2, 0) is 4.79 Å². The lowest BCUT2D eigenvalue weighted by Crippen LogP contribution is -2.49. The Morgan fingerprint density at radius 3 is 2.56 bits per heavy atom. The zero-order valence-electron chi connectivity index (χ0n) is 10.4. The monoisotopic (exact) mass is 243 g/mol. The second kappa shape index (κ2) is 4.80. The molecule has 0 radical (unpaired) electrons. The molecule has 0 spiro atoms. The van der Waals surface area contributed by atoms with Crippen molar-refractivity contribution in [2.45, 2.75) is 12.8 Å². The molecule has 1 aromatic heterocycles. The van der Waals surface area contributed by atoms with Gasteiger partial charge in [-0.1, -0.05) is 6.08 Å². The fourth-order valence-electron chi connectivity index (χ4n) is 2.39. The molecular formula is C14H17N3O. The number of aromatic nitrogens is 1. The molecule has 94 valence electrons. The molecule has 0 atom stereocenters. The summed E-state index contributed by atoms with van der Waals surface area (Å²) in [5, 5.41) is 0. The summed E-state index contributed by atoms with van der Waals surface area (Å²) in [6.07, 6.45) is 7.74. The lowest BCUT2D eigenvalue weighted by molar-refractivity contribution is -0.127. The van der Waals surface area contributed by atoms with Crippen LogP contribution in [-0.4, -0.2) is 42.0 Å². The highest BCUT2D eigenvalue weighted by molar-refractivity contribution is 5.94.